The molecule has 162 valence electrons. The van der Waals surface area contributed by atoms with Gasteiger partial charge in [0.1, 0.15) is 23.9 Å². The predicted molar refractivity (Wildman–Crippen MR) is 117 cm³/mol. The van der Waals surface area contributed by atoms with Gasteiger partial charge in [-0.2, -0.15) is 0 Å². The molecule has 1 amide bonds. The smallest absolute Gasteiger partial charge is 0.289 e. The average Bonchev–Trinajstić information content (AvgIpc) is 3.25. The summed E-state index contributed by atoms with van der Waals surface area (Å²) in [4.78, 5) is 16.8. The zero-order valence-corrected chi connectivity index (χ0v) is 18.2. The van der Waals surface area contributed by atoms with Gasteiger partial charge in [-0.05, 0) is 54.1 Å². The molecular weight excluding hydrogens is 442 g/mol. The summed E-state index contributed by atoms with van der Waals surface area (Å²) < 4.78 is 24.2. The first-order valence-electron chi connectivity index (χ1n) is 9.90. The Morgan fingerprint density at radius 3 is 2.42 bits per heavy atom. The topological polar surface area (TPSA) is 45.9 Å². The maximum atomic E-state index is 13.0. The third kappa shape index (κ3) is 5.58. The number of halogens is 3. The van der Waals surface area contributed by atoms with Gasteiger partial charge in [-0.3, -0.25) is 9.69 Å². The van der Waals surface area contributed by atoms with Crippen LogP contribution in [0.25, 0.3) is 0 Å². The third-order valence-corrected chi connectivity index (χ3v) is 5.86. The van der Waals surface area contributed by atoms with Gasteiger partial charge < -0.3 is 14.1 Å². The van der Waals surface area contributed by atoms with Crippen LogP contribution in [0.5, 0.6) is 5.75 Å². The summed E-state index contributed by atoms with van der Waals surface area (Å²) in [6, 6.07) is 14.8. The first-order chi connectivity index (χ1) is 15.0. The number of amides is 1. The number of piperazine rings is 1. The molecule has 2 aromatic carbocycles. The van der Waals surface area contributed by atoms with Gasteiger partial charge in [0.2, 0.25) is 0 Å². The summed E-state index contributed by atoms with van der Waals surface area (Å²) in [5.74, 6) is 0.892. The van der Waals surface area contributed by atoms with E-state index in [2.05, 4.69) is 4.90 Å². The first kappa shape index (κ1) is 21.7. The molecular formula is C23H21Cl2FN2O3. The molecule has 0 bridgehead atoms. The first-order valence-corrected chi connectivity index (χ1v) is 10.7. The van der Waals surface area contributed by atoms with Crippen molar-refractivity contribution in [3.8, 4) is 5.75 Å². The number of benzene rings is 2. The standard InChI is InChI=1S/C23H21Cl2FN2O3/c24-20-7-1-16(13-21(20)25)14-27-9-11-28(12-10-27)23(29)22-8-6-19(31-22)15-30-18-4-2-17(26)3-5-18/h1-8,13H,9-12,14-15H2. The quantitative estimate of drug-likeness (QED) is 0.500. The Morgan fingerprint density at radius 1 is 0.968 bits per heavy atom. The maximum absolute atomic E-state index is 13.0. The third-order valence-electron chi connectivity index (χ3n) is 5.12. The van der Waals surface area contributed by atoms with E-state index in [-0.39, 0.29) is 24.1 Å². The summed E-state index contributed by atoms with van der Waals surface area (Å²) >= 11 is 12.1. The van der Waals surface area contributed by atoms with E-state index in [0.29, 0.717) is 34.6 Å². The lowest BCUT2D eigenvalue weighted by molar-refractivity contribution is 0.0594. The largest absolute Gasteiger partial charge is 0.486 e. The van der Waals surface area contributed by atoms with Crippen LogP contribution in [0.15, 0.2) is 59.0 Å². The van der Waals surface area contributed by atoms with Gasteiger partial charge in [0.25, 0.3) is 5.91 Å². The summed E-state index contributed by atoms with van der Waals surface area (Å²) in [5, 5.41) is 1.09. The number of carbonyl (C=O) groups excluding carboxylic acids is 1. The van der Waals surface area contributed by atoms with E-state index in [1.807, 2.05) is 12.1 Å². The zero-order valence-electron chi connectivity index (χ0n) is 16.7. The Kier molecular flexibility index (Phi) is 6.80. The lowest BCUT2D eigenvalue weighted by Gasteiger charge is -2.34. The van der Waals surface area contributed by atoms with E-state index < -0.39 is 0 Å². The molecule has 0 saturated carbocycles. The van der Waals surface area contributed by atoms with Crippen molar-refractivity contribution < 1.29 is 18.3 Å². The number of hydrogen-bond donors (Lipinski definition) is 0. The fraction of sp³-hybridized carbons (Fsp3) is 0.261. The lowest BCUT2D eigenvalue weighted by atomic mass is 10.2. The molecule has 4 rings (SSSR count). The molecule has 1 aliphatic heterocycles. The number of rotatable bonds is 6. The molecule has 1 aromatic heterocycles. The second kappa shape index (κ2) is 9.73. The molecule has 0 aliphatic carbocycles. The Balaban J connectivity index is 1.27. The van der Waals surface area contributed by atoms with Crippen molar-refractivity contribution in [2.45, 2.75) is 13.2 Å². The SMILES string of the molecule is O=C(c1ccc(COc2ccc(F)cc2)o1)N1CCN(Cc2ccc(Cl)c(Cl)c2)CC1. The van der Waals surface area contributed by atoms with E-state index in [0.717, 1.165) is 25.2 Å². The Bertz CT molecular complexity index is 1050. The van der Waals surface area contributed by atoms with Crippen LogP contribution >= 0.6 is 23.2 Å². The van der Waals surface area contributed by atoms with Crippen molar-refractivity contribution >= 4 is 29.1 Å². The average molecular weight is 463 g/mol. The second-order valence-electron chi connectivity index (χ2n) is 7.33. The minimum Gasteiger partial charge on any atom is -0.486 e. The molecule has 0 unspecified atom stereocenters. The van der Waals surface area contributed by atoms with E-state index in [1.54, 1.807) is 35.2 Å². The summed E-state index contributed by atoms with van der Waals surface area (Å²) in [5.41, 5.74) is 1.09. The van der Waals surface area contributed by atoms with Crippen LogP contribution in [-0.2, 0) is 13.2 Å². The zero-order chi connectivity index (χ0) is 21.8. The highest BCUT2D eigenvalue weighted by Gasteiger charge is 2.24. The van der Waals surface area contributed by atoms with Crippen LogP contribution in [0.3, 0.4) is 0 Å². The maximum Gasteiger partial charge on any atom is 0.289 e. The molecule has 8 heteroatoms. The second-order valence-corrected chi connectivity index (χ2v) is 8.14. The molecule has 0 atom stereocenters. The van der Waals surface area contributed by atoms with Crippen LogP contribution in [-0.4, -0.2) is 41.9 Å². The molecule has 0 radical (unpaired) electrons. The van der Waals surface area contributed by atoms with Crippen molar-refractivity contribution in [1.82, 2.24) is 9.80 Å². The number of nitrogens with zero attached hydrogens (tertiary/aromatic N) is 2. The molecule has 1 aliphatic rings. The van der Waals surface area contributed by atoms with Crippen LogP contribution in [0, 0.1) is 5.82 Å². The van der Waals surface area contributed by atoms with Gasteiger partial charge in [0, 0.05) is 32.7 Å². The van der Waals surface area contributed by atoms with Crippen LogP contribution in [0.1, 0.15) is 21.9 Å². The van der Waals surface area contributed by atoms with E-state index in [9.17, 15) is 9.18 Å². The van der Waals surface area contributed by atoms with Crippen molar-refractivity contribution in [3.63, 3.8) is 0 Å². The van der Waals surface area contributed by atoms with Crippen LogP contribution < -0.4 is 4.74 Å². The summed E-state index contributed by atoms with van der Waals surface area (Å²) in [7, 11) is 0. The van der Waals surface area contributed by atoms with Gasteiger partial charge in [-0.25, -0.2) is 4.39 Å². The fourth-order valence-corrected chi connectivity index (χ4v) is 3.74. The normalized spacial score (nSPS) is 14.6. The highest BCUT2D eigenvalue weighted by molar-refractivity contribution is 6.42. The highest BCUT2D eigenvalue weighted by Crippen LogP contribution is 2.24. The van der Waals surface area contributed by atoms with Gasteiger partial charge in [-0.1, -0.05) is 29.3 Å². The van der Waals surface area contributed by atoms with Gasteiger partial charge in [0.05, 0.1) is 10.0 Å². The monoisotopic (exact) mass is 462 g/mol. The molecule has 1 fully saturated rings. The van der Waals surface area contributed by atoms with Gasteiger partial charge in [0.15, 0.2) is 5.76 Å². The minimum absolute atomic E-state index is 0.137. The van der Waals surface area contributed by atoms with Crippen LogP contribution in [0.2, 0.25) is 10.0 Å². The van der Waals surface area contributed by atoms with Crippen molar-refractivity contribution in [2.75, 3.05) is 26.2 Å². The highest BCUT2D eigenvalue weighted by atomic mass is 35.5. The molecule has 3 aromatic rings. The molecule has 5 nitrogen and oxygen atoms in total. The molecule has 31 heavy (non-hydrogen) atoms. The number of hydrogen-bond acceptors (Lipinski definition) is 4. The summed E-state index contributed by atoms with van der Waals surface area (Å²) in [6.07, 6.45) is 0. The molecule has 2 heterocycles. The number of ether oxygens (including phenoxy) is 1. The van der Waals surface area contributed by atoms with Gasteiger partial charge >= 0.3 is 0 Å². The van der Waals surface area contributed by atoms with E-state index in [1.165, 1.54) is 12.1 Å². The lowest BCUT2D eigenvalue weighted by Crippen LogP contribution is -2.48. The molecule has 1 saturated heterocycles. The Morgan fingerprint density at radius 2 is 1.71 bits per heavy atom. The van der Waals surface area contributed by atoms with E-state index in [4.69, 9.17) is 32.4 Å². The summed E-state index contributed by atoms with van der Waals surface area (Å²) in [6.45, 7) is 3.66. The number of carbonyl (C=O) groups is 1. The Labute approximate surface area is 189 Å². The fourth-order valence-electron chi connectivity index (χ4n) is 3.42. The van der Waals surface area contributed by atoms with Gasteiger partial charge in [-0.15, -0.1) is 0 Å². The Hall–Kier alpha value is -2.54. The predicted octanol–water partition coefficient (Wildman–Crippen LogP) is 5.26. The number of furan rings is 1. The van der Waals surface area contributed by atoms with Crippen molar-refractivity contribution in [1.29, 1.82) is 0 Å². The van der Waals surface area contributed by atoms with Crippen LogP contribution in [0.4, 0.5) is 4.39 Å². The van der Waals surface area contributed by atoms with Crippen molar-refractivity contribution in [3.05, 3.63) is 87.5 Å². The van der Waals surface area contributed by atoms with Crippen molar-refractivity contribution in [2.24, 2.45) is 0 Å². The minimum atomic E-state index is -0.324. The molecule has 0 N–H and O–H groups in total. The molecule has 0 spiro atoms. The van der Waals surface area contributed by atoms with E-state index >= 15 is 0 Å².